The lowest BCUT2D eigenvalue weighted by molar-refractivity contribution is -0.683. The molecule has 0 unspecified atom stereocenters. The summed E-state index contributed by atoms with van der Waals surface area (Å²) in [6.07, 6.45) is 4.27. The summed E-state index contributed by atoms with van der Waals surface area (Å²) >= 11 is 0. The molecule has 18 heavy (non-hydrogen) atoms. The number of hydrogen-bond donors (Lipinski definition) is 1. The maximum Gasteiger partial charge on any atom is 0.227 e. The number of nitrogens with zero attached hydrogens (tertiary/aromatic N) is 1. The first-order valence-electron chi connectivity index (χ1n) is 5.99. The zero-order valence-corrected chi connectivity index (χ0v) is 10.3. The van der Waals surface area contributed by atoms with E-state index in [0.29, 0.717) is 5.56 Å². The fraction of sp³-hybridized carbons (Fsp3) is 0.200. The molecule has 1 heterocycles. The van der Waals surface area contributed by atoms with Crippen molar-refractivity contribution in [1.82, 2.24) is 0 Å². The highest BCUT2D eigenvalue weighted by molar-refractivity contribution is 5.95. The molecule has 0 amide bonds. The van der Waals surface area contributed by atoms with Gasteiger partial charge in [-0.3, -0.25) is 4.79 Å². The van der Waals surface area contributed by atoms with E-state index < -0.39 is 0 Å². The van der Waals surface area contributed by atoms with Crippen molar-refractivity contribution in [3.8, 4) is 5.75 Å². The van der Waals surface area contributed by atoms with Crippen molar-refractivity contribution < 1.29 is 14.5 Å². The van der Waals surface area contributed by atoms with E-state index in [-0.39, 0.29) is 18.1 Å². The smallest absolute Gasteiger partial charge is 0.227 e. The third-order valence-electron chi connectivity index (χ3n) is 2.85. The van der Waals surface area contributed by atoms with Crippen molar-refractivity contribution in [2.24, 2.45) is 0 Å². The van der Waals surface area contributed by atoms with Gasteiger partial charge in [-0.2, -0.15) is 4.57 Å². The molecule has 0 fully saturated rings. The second kappa shape index (κ2) is 5.45. The summed E-state index contributed by atoms with van der Waals surface area (Å²) in [7, 11) is 0. The number of rotatable bonds is 4. The molecule has 92 valence electrons. The standard InChI is InChI=1S/C15H15NO2/c1-2-12-5-7-13(8-6-12)15(18)11-16-9-3-4-14(17)10-16/h3-10H,2,11H2,1H3/p+1. The maximum absolute atomic E-state index is 12.0. The minimum absolute atomic E-state index is 0.0354. The van der Waals surface area contributed by atoms with Crippen LogP contribution in [0.1, 0.15) is 22.8 Å². The van der Waals surface area contributed by atoms with Gasteiger partial charge >= 0.3 is 0 Å². The van der Waals surface area contributed by atoms with E-state index >= 15 is 0 Å². The Kier molecular flexibility index (Phi) is 3.72. The molecule has 0 aliphatic rings. The van der Waals surface area contributed by atoms with E-state index in [1.165, 1.54) is 11.8 Å². The van der Waals surface area contributed by atoms with E-state index in [0.717, 1.165) is 6.42 Å². The fourth-order valence-electron chi connectivity index (χ4n) is 1.79. The third-order valence-corrected chi connectivity index (χ3v) is 2.85. The molecule has 0 aliphatic carbocycles. The number of Topliss-reactive ketones (excluding diaryl/α,β-unsaturated/α-hetero) is 1. The quantitative estimate of drug-likeness (QED) is 0.659. The summed E-state index contributed by atoms with van der Waals surface area (Å²) in [4.78, 5) is 12.0. The van der Waals surface area contributed by atoms with E-state index in [2.05, 4.69) is 6.92 Å². The van der Waals surface area contributed by atoms with Gasteiger partial charge in [-0.05, 0) is 18.1 Å². The molecule has 1 aromatic heterocycles. The highest BCUT2D eigenvalue weighted by Gasteiger charge is 2.12. The molecule has 0 spiro atoms. The number of carbonyl (C=O) groups excluding carboxylic acids is 1. The summed E-state index contributed by atoms with van der Waals surface area (Å²) in [5.41, 5.74) is 1.92. The van der Waals surface area contributed by atoms with E-state index in [9.17, 15) is 9.90 Å². The summed E-state index contributed by atoms with van der Waals surface area (Å²) < 4.78 is 1.67. The average Bonchev–Trinajstić information content (AvgIpc) is 2.39. The summed E-state index contributed by atoms with van der Waals surface area (Å²) in [6.45, 7) is 2.32. The Morgan fingerprint density at radius 2 is 1.94 bits per heavy atom. The Morgan fingerprint density at radius 3 is 2.56 bits per heavy atom. The maximum atomic E-state index is 12.0. The molecule has 0 atom stereocenters. The molecule has 2 aromatic rings. The first kappa shape index (κ1) is 12.3. The van der Waals surface area contributed by atoms with Crippen LogP contribution < -0.4 is 4.57 Å². The zero-order valence-electron chi connectivity index (χ0n) is 10.3. The van der Waals surface area contributed by atoms with E-state index in [1.807, 2.05) is 24.3 Å². The molecular formula is C15H16NO2+. The number of pyridine rings is 1. The van der Waals surface area contributed by atoms with Crippen LogP contribution in [0.25, 0.3) is 0 Å². The predicted molar refractivity (Wildman–Crippen MR) is 68.5 cm³/mol. The van der Waals surface area contributed by atoms with Gasteiger partial charge in [0.15, 0.2) is 11.9 Å². The molecule has 0 aliphatic heterocycles. The van der Waals surface area contributed by atoms with Crippen LogP contribution in [0.2, 0.25) is 0 Å². The lowest BCUT2D eigenvalue weighted by atomic mass is 10.1. The first-order valence-corrected chi connectivity index (χ1v) is 5.99. The van der Waals surface area contributed by atoms with Crippen LogP contribution in [0.3, 0.4) is 0 Å². The molecule has 0 radical (unpaired) electrons. The second-order valence-electron chi connectivity index (χ2n) is 4.21. The van der Waals surface area contributed by atoms with Crippen LogP contribution in [0, 0.1) is 0 Å². The number of carbonyl (C=O) groups is 1. The monoisotopic (exact) mass is 242 g/mol. The van der Waals surface area contributed by atoms with Crippen LogP contribution in [-0.2, 0) is 13.0 Å². The van der Waals surface area contributed by atoms with Gasteiger partial charge in [-0.25, -0.2) is 0 Å². The van der Waals surface area contributed by atoms with Gasteiger partial charge in [0.2, 0.25) is 18.5 Å². The Morgan fingerprint density at radius 1 is 1.22 bits per heavy atom. The van der Waals surface area contributed by atoms with Crippen LogP contribution in [0.4, 0.5) is 0 Å². The van der Waals surface area contributed by atoms with Crippen LogP contribution >= 0.6 is 0 Å². The third kappa shape index (κ3) is 2.94. The van der Waals surface area contributed by atoms with Crippen molar-refractivity contribution in [2.45, 2.75) is 19.9 Å². The van der Waals surface area contributed by atoms with E-state index in [1.54, 1.807) is 22.9 Å². The molecule has 2 rings (SSSR count). The van der Waals surface area contributed by atoms with Crippen LogP contribution in [0.5, 0.6) is 5.75 Å². The van der Waals surface area contributed by atoms with Crippen molar-refractivity contribution >= 4 is 5.78 Å². The molecule has 1 N–H and O–H groups in total. The van der Waals surface area contributed by atoms with Crippen LogP contribution in [-0.4, -0.2) is 10.9 Å². The second-order valence-corrected chi connectivity index (χ2v) is 4.21. The first-order chi connectivity index (χ1) is 8.69. The highest BCUT2D eigenvalue weighted by Crippen LogP contribution is 2.06. The normalized spacial score (nSPS) is 10.3. The van der Waals surface area contributed by atoms with Crippen molar-refractivity contribution in [2.75, 3.05) is 0 Å². The summed E-state index contributed by atoms with van der Waals surface area (Å²) in [5.74, 6) is 0.194. The molecule has 0 bridgehead atoms. The minimum atomic E-state index is 0.0354. The van der Waals surface area contributed by atoms with Gasteiger partial charge in [-0.1, -0.05) is 31.2 Å². The number of aryl methyl sites for hydroxylation is 1. The average molecular weight is 242 g/mol. The van der Waals surface area contributed by atoms with E-state index in [4.69, 9.17) is 0 Å². The summed E-state index contributed by atoms with van der Waals surface area (Å²) in [5, 5.41) is 9.33. The Hall–Kier alpha value is -2.16. The number of hydrogen-bond acceptors (Lipinski definition) is 2. The van der Waals surface area contributed by atoms with Crippen molar-refractivity contribution in [3.05, 3.63) is 59.9 Å². The lowest BCUT2D eigenvalue weighted by Gasteiger charge is -2.00. The number of aromatic hydroxyl groups is 1. The Balaban J connectivity index is 2.11. The number of benzene rings is 1. The van der Waals surface area contributed by atoms with Crippen molar-refractivity contribution in [3.63, 3.8) is 0 Å². The van der Waals surface area contributed by atoms with Crippen LogP contribution in [0.15, 0.2) is 48.8 Å². The van der Waals surface area contributed by atoms with Gasteiger partial charge in [-0.15, -0.1) is 0 Å². The minimum Gasteiger partial charge on any atom is -0.503 e. The largest absolute Gasteiger partial charge is 0.503 e. The Bertz CT molecular complexity index is 547. The SMILES string of the molecule is CCc1ccc(C(=O)C[n+]2cccc(O)c2)cc1. The molecular weight excluding hydrogens is 226 g/mol. The number of aromatic nitrogens is 1. The molecule has 3 heteroatoms. The molecule has 0 saturated carbocycles. The lowest BCUT2D eigenvalue weighted by Crippen LogP contribution is -2.36. The van der Waals surface area contributed by atoms with Crippen molar-refractivity contribution in [1.29, 1.82) is 0 Å². The summed E-state index contributed by atoms with van der Waals surface area (Å²) in [6, 6.07) is 10.9. The van der Waals surface area contributed by atoms with Gasteiger partial charge in [0.1, 0.15) is 0 Å². The highest BCUT2D eigenvalue weighted by atomic mass is 16.3. The van der Waals surface area contributed by atoms with Gasteiger partial charge in [0, 0.05) is 11.6 Å². The van der Waals surface area contributed by atoms with Gasteiger partial charge in [0.05, 0.1) is 0 Å². The number of ketones is 1. The predicted octanol–water partition coefficient (Wildman–Crippen LogP) is 2.12. The van der Waals surface area contributed by atoms with Gasteiger partial charge < -0.3 is 5.11 Å². The topological polar surface area (TPSA) is 41.2 Å². The molecule has 1 aromatic carbocycles. The Labute approximate surface area is 106 Å². The molecule has 3 nitrogen and oxygen atoms in total. The fourth-order valence-corrected chi connectivity index (χ4v) is 1.79. The van der Waals surface area contributed by atoms with Gasteiger partial charge in [0.25, 0.3) is 0 Å². The zero-order chi connectivity index (χ0) is 13.0. The molecule has 0 saturated heterocycles.